The maximum Gasteiger partial charge on any atom is 0.573 e. The summed E-state index contributed by atoms with van der Waals surface area (Å²) in [4.78, 5) is 3.17. The number of pyridine rings is 1. The molecule has 0 spiro atoms. The van der Waals surface area contributed by atoms with E-state index in [1.807, 2.05) is 0 Å². The fourth-order valence-corrected chi connectivity index (χ4v) is 1.03. The first-order chi connectivity index (χ1) is 7.22. The molecule has 2 nitrogen and oxygen atoms in total. The Balaban J connectivity index is 3.29. The van der Waals surface area contributed by atoms with E-state index in [1.54, 1.807) is 0 Å². The predicted octanol–water partition coefficient (Wildman–Crippen LogP) is 3.37. The van der Waals surface area contributed by atoms with E-state index in [9.17, 15) is 26.3 Å². The van der Waals surface area contributed by atoms with Crippen LogP contribution in [-0.2, 0) is 0 Å². The first-order valence-corrected chi connectivity index (χ1v) is 3.91. The summed E-state index contributed by atoms with van der Waals surface area (Å²) in [5.41, 5.74) is -1.90. The Bertz CT molecular complexity index is 389. The molecule has 0 amide bonds. The van der Waals surface area contributed by atoms with Crippen LogP contribution in [0.2, 0.25) is 0 Å². The smallest absolute Gasteiger partial charge is 0.403 e. The fourth-order valence-electron chi connectivity index (χ4n) is 1.03. The highest BCUT2D eigenvalue weighted by Crippen LogP contribution is 2.36. The molecule has 0 saturated heterocycles. The molecule has 0 aromatic carbocycles. The largest absolute Gasteiger partial charge is 0.573 e. The second kappa shape index (κ2) is 4.18. The third-order valence-electron chi connectivity index (χ3n) is 1.64. The summed E-state index contributed by atoms with van der Waals surface area (Å²) in [6, 6.07) is 0. The van der Waals surface area contributed by atoms with Crippen LogP contribution in [0, 0.1) is 12.7 Å². The van der Waals surface area contributed by atoms with Crippen LogP contribution in [0.25, 0.3) is 0 Å². The van der Waals surface area contributed by atoms with Gasteiger partial charge in [0, 0.05) is 0 Å². The number of hydrogen-bond acceptors (Lipinski definition) is 2. The van der Waals surface area contributed by atoms with E-state index in [0.717, 1.165) is 6.92 Å². The zero-order valence-corrected chi connectivity index (χ0v) is 7.78. The van der Waals surface area contributed by atoms with Crippen molar-refractivity contribution in [3.05, 3.63) is 23.3 Å². The lowest BCUT2D eigenvalue weighted by Crippen LogP contribution is -2.20. The van der Waals surface area contributed by atoms with Crippen LogP contribution in [0.1, 0.15) is 17.7 Å². The summed E-state index contributed by atoms with van der Waals surface area (Å²) in [5.74, 6) is -2.83. The SMILES string of the molecule is Cc1ncc(F)c(C(F)F)c1OC(F)(F)F. The molecule has 0 saturated carbocycles. The number of aromatic nitrogens is 1. The number of nitrogens with zero attached hydrogens (tertiary/aromatic N) is 1. The van der Waals surface area contributed by atoms with E-state index >= 15 is 0 Å². The average molecular weight is 245 g/mol. The zero-order chi connectivity index (χ0) is 12.5. The van der Waals surface area contributed by atoms with Crippen LogP contribution in [-0.4, -0.2) is 11.3 Å². The number of rotatable bonds is 2. The molecule has 0 bridgehead atoms. The highest BCUT2D eigenvalue weighted by atomic mass is 19.4. The molecule has 16 heavy (non-hydrogen) atoms. The highest BCUT2D eigenvalue weighted by Gasteiger charge is 2.35. The van der Waals surface area contributed by atoms with E-state index in [4.69, 9.17) is 0 Å². The Hall–Kier alpha value is -1.47. The maximum atomic E-state index is 12.9. The summed E-state index contributed by atoms with van der Waals surface area (Å²) >= 11 is 0. The molecule has 90 valence electrons. The molecular formula is C8H5F6NO. The van der Waals surface area contributed by atoms with E-state index in [-0.39, 0.29) is 0 Å². The van der Waals surface area contributed by atoms with Crippen molar-refractivity contribution in [3.63, 3.8) is 0 Å². The van der Waals surface area contributed by atoms with Crippen LogP contribution >= 0.6 is 0 Å². The molecule has 0 fully saturated rings. The van der Waals surface area contributed by atoms with Gasteiger partial charge in [-0.05, 0) is 6.92 Å². The summed E-state index contributed by atoms with van der Waals surface area (Å²) in [6.45, 7) is 1.01. The third kappa shape index (κ3) is 2.77. The first-order valence-electron chi connectivity index (χ1n) is 3.91. The Morgan fingerprint density at radius 1 is 1.31 bits per heavy atom. The first kappa shape index (κ1) is 12.6. The molecular weight excluding hydrogens is 240 g/mol. The minimum absolute atomic E-state index is 0.417. The molecule has 1 heterocycles. The Labute approximate surface area is 85.9 Å². The lowest BCUT2D eigenvalue weighted by Gasteiger charge is -2.14. The van der Waals surface area contributed by atoms with Crippen LogP contribution in [0.15, 0.2) is 6.20 Å². The number of alkyl halides is 5. The third-order valence-corrected chi connectivity index (χ3v) is 1.64. The Kier molecular flexibility index (Phi) is 3.30. The summed E-state index contributed by atoms with van der Waals surface area (Å²) in [7, 11) is 0. The second-order valence-electron chi connectivity index (χ2n) is 2.78. The van der Waals surface area contributed by atoms with Gasteiger partial charge in [-0.2, -0.15) is 0 Å². The minimum atomic E-state index is -5.18. The van der Waals surface area contributed by atoms with E-state index in [2.05, 4.69) is 9.72 Å². The monoisotopic (exact) mass is 245 g/mol. The van der Waals surface area contributed by atoms with Crippen LogP contribution in [0.3, 0.4) is 0 Å². The number of halogens is 6. The van der Waals surface area contributed by atoms with Crippen molar-refractivity contribution in [2.45, 2.75) is 19.7 Å². The molecule has 0 aliphatic rings. The molecule has 0 aliphatic carbocycles. The normalized spacial score (nSPS) is 12.0. The standard InChI is InChI=1S/C8H5F6NO/c1-3-6(16-8(12,13)14)5(7(10)11)4(9)2-15-3/h2,7H,1H3. The van der Waals surface area contributed by atoms with Crippen molar-refractivity contribution >= 4 is 0 Å². The summed E-state index contributed by atoms with van der Waals surface area (Å²) in [6.07, 6.45) is -8.18. The highest BCUT2D eigenvalue weighted by molar-refractivity contribution is 5.38. The molecule has 1 rings (SSSR count). The summed E-state index contributed by atoms with van der Waals surface area (Å²) < 4.78 is 76.5. The molecule has 8 heteroatoms. The number of aryl methyl sites for hydroxylation is 1. The quantitative estimate of drug-likeness (QED) is 0.745. The van der Waals surface area contributed by atoms with Gasteiger partial charge in [-0.3, -0.25) is 4.98 Å². The van der Waals surface area contributed by atoms with Crippen molar-refractivity contribution in [2.75, 3.05) is 0 Å². The van der Waals surface area contributed by atoms with Gasteiger partial charge in [-0.15, -0.1) is 13.2 Å². The number of ether oxygens (including phenoxy) is 1. The van der Waals surface area contributed by atoms with E-state index < -0.39 is 35.6 Å². The summed E-state index contributed by atoms with van der Waals surface area (Å²) in [5, 5.41) is 0. The molecule has 0 unspecified atom stereocenters. The Morgan fingerprint density at radius 2 is 1.88 bits per heavy atom. The van der Waals surface area contributed by atoms with Gasteiger partial charge in [0.2, 0.25) is 0 Å². The van der Waals surface area contributed by atoms with Crippen molar-refractivity contribution in [1.82, 2.24) is 4.98 Å². The fraction of sp³-hybridized carbons (Fsp3) is 0.375. The topological polar surface area (TPSA) is 22.1 Å². The molecule has 0 aliphatic heterocycles. The zero-order valence-electron chi connectivity index (χ0n) is 7.78. The Morgan fingerprint density at radius 3 is 2.31 bits per heavy atom. The van der Waals surface area contributed by atoms with Gasteiger partial charge >= 0.3 is 6.36 Å². The molecule has 0 atom stereocenters. The van der Waals surface area contributed by atoms with Crippen LogP contribution < -0.4 is 4.74 Å². The second-order valence-corrected chi connectivity index (χ2v) is 2.78. The maximum absolute atomic E-state index is 12.9. The average Bonchev–Trinajstić information content (AvgIpc) is 2.08. The lowest BCUT2D eigenvalue weighted by molar-refractivity contribution is -0.275. The minimum Gasteiger partial charge on any atom is -0.403 e. The predicted molar refractivity (Wildman–Crippen MR) is 40.6 cm³/mol. The van der Waals surface area contributed by atoms with Crippen molar-refractivity contribution in [3.8, 4) is 5.75 Å². The number of hydrogen-bond donors (Lipinski definition) is 0. The molecule has 1 aromatic rings. The van der Waals surface area contributed by atoms with Gasteiger partial charge in [-0.25, -0.2) is 13.2 Å². The van der Waals surface area contributed by atoms with Crippen LogP contribution in [0.4, 0.5) is 26.3 Å². The van der Waals surface area contributed by atoms with Gasteiger partial charge in [0.15, 0.2) is 11.6 Å². The van der Waals surface area contributed by atoms with Gasteiger partial charge < -0.3 is 4.74 Å². The van der Waals surface area contributed by atoms with Crippen LogP contribution in [0.5, 0.6) is 5.75 Å². The molecule has 1 aromatic heterocycles. The van der Waals surface area contributed by atoms with Gasteiger partial charge in [0.25, 0.3) is 6.43 Å². The van der Waals surface area contributed by atoms with E-state index in [1.165, 1.54) is 0 Å². The lowest BCUT2D eigenvalue weighted by atomic mass is 10.2. The molecule has 0 radical (unpaired) electrons. The molecule has 0 N–H and O–H groups in total. The van der Waals surface area contributed by atoms with Gasteiger partial charge in [0.1, 0.15) is 0 Å². The van der Waals surface area contributed by atoms with Crippen molar-refractivity contribution in [2.24, 2.45) is 0 Å². The van der Waals surface area contributed by atoms with Crippen molar-refractivity contribution in [1.29, 1.82) is 0 Å². The van der Waals surface area contributed by atoms with Crippen molar-refractivity contribution < 1.29 is 31.1 Å². The van der Waals surface area contributed by atoms with Gasteiger partial charge in [-0.1, -0.05) is 0 Å². The van der Waals surface area contributed by atoms with Gasteiger partial charge in [0.05, 0.1) is 17.5 Å². The van der Waals surface area contributed by atoms with E-state index in [0.29, 0.717) is 6.20 Å².